The third kappa shape index (κ3) is 2.51. The van der Waals surface area contributed by atoms with Crippen LogP contribution in [0.2, 0.25) is 0 Å². The Morgan fingerprint density at radius 3 is 2.75 bits per heavy atom. The highest BCUT2D eigenvalue weighted by Crippen LogP contribution is 2.32. The Morgan fingerprint density at radius 2 is 2.15 bits per heavy atom. The van der Waals surface area contributed by atoms with Crippen molar-refractivity contribution in [2.45, 2.75) is 6.04 Å². The number of fused-ring (bicyclic) bond motifs is 1. The number of hydrogen-bond acceptors (Lipinski definition) is 6. The molecule has 8 heteroatoms. The Balaban J connectivity index is 2.63. The maximum atomic E-state index is 14.0. The predicted molar refractivity (Wildman–Crippen MR) is 69.9 cm³/mol. The molecule has 0 saturated heterocycles. The zero-order valence-corrected chi connectivity index (χ0v) is 10.3. The van der Waals surface area contributed by atoms with E-state index in [9.17, 15) is 14.5 Å². The molecule has 0 spiro atoms. The van der Waals surface area contributed by atoms with Crippen molar-refractivity contribution >= 4 is 22.3 Å². The molecule has 106 valence electrons. The minimum Gasteiger partial charge on any atom is -0.394 e. The first kappa shape index (κ1) is 14.1. The quantitative estimate of drug-likeness (QED) is 0.558. The van der Waals surface area contributed by atoms with Crippen molar-refractivity contribution < 1.29 is 19.5 Å². The molecule has 1 heterocycles. The van der Waals surface area contributed by atoms with Gasteiger partial charge in [-0.3, -0.25) is 15.1 Å². The molecule has 0 amide bonds. The fraction of sp³-hybridized carbons (Fsp3) is 0.250. The number of anilines is 1. The fourth-order valence-corrected chi connectivity index (χ4v) is 1.84. The molecule has 2 rings (SSSR count). The molecule has 20 heavy (non-hydrogen) atoms. The summed E-state index contributed by atoms with van der Waals surface area (Å²) in [5, 5.41) is 31.7. The first-order chi connectivity index (χ1) is 9.58. The van der Waals surface area contributed by atoms with Crippen LogP contribution in [-0.4, -0.2) is 39.4 Å². The summed E-state index contributed by atoms with van der Waals surface area (Å²) in [6.07, 6.45) is 1.38. The molecule has 1 aromatic heterocycles. The van der Waals surface area contributed by atoms with Gasteiger partial charge in [-0.05, 0) is 12.1 Å². The van der Waals surface area contributed by atoms with Crippen LogP contribution in [-0.2, 0) is 0 Å². The van der Waals surface area contributed by atoms with E-state index in [0.29, 0.717) is 0 Å². The van der Waals surface area contributed by atoms with Gasteiger partial charge < -0.3 is 15.5 Å². The Kier molecular flexibility index (Phi) is 4.06. The van der Waals surface area contributed by atoms with Gasteiger partial charge in [-0.2, -0.15) is 0 Å². The molecular formula is C12H12FN3O4. The molecule has 3 N–H and O–H groups in total. The smallest absolute Gasteiger partial charge is 0.281 e. The maximum absolute atomic E-state index is 14.0. The van der Waals surface area contributed by atoms with E-state index in [1.165, 1.54) is 18.3 Å². The average molecular weight is 281 g/mol. The molecule has 1 aromatic carbocycles. The van der Waals surface area contributed by atoms with Gasteiger partial charge in [0.25, 0.3) is 5.69 Å². The number of aliphatic hydroxyl groups excluding tert-OH is 2. The predicted octanol–water partition coefficient (Wildman–Crippen LogP) is 1.05. The van der Waals surface area contributed by atoms with Gasteiger partial charge in [-0.1, -0.05) is 0 Å². The summed E-state index contributed by atoms with van der Waals surface area (Å²) in [4.78, 5) is 14.2. The Bertz CT molecular complexity index is 646. The lowest BCUT2D eigenvalue weighted by Gasteiger charge is -2.16. The normalized spacial score (nSPS) is 11.0. The lowest BCUT2D eigenvalue weighted by Crippen LogP contribution is -2.28. The van der Waals surface area contributed by atoms with Crippen molar-refractivity contribution in [2.75, 3.05) is 18.5 Å². The number of aromatic nitrogens is 1. The Morgan fingerprint density at radius 1 is 1.45 bits per heavy atom. The number of benzene rings is 1. The molecule has 0 fully saturated rings. The molecule has 2 aromatic rings. The maximum Gasteiger partial charge on any atom is 0.281 e. The number of non-ortho nitro benzene ring substituents is 1. The van der Waals surface area contributed by atoms with Crippen LogP contribution in [0.25, 0.3) is 10.9 Å². The van der Waals surface area contributed by atoms with Crippen LogP contribution in [0.1, 0.15) is 0 Å². The summed E-state index contributed by atoms with van der Waals surface area (Å²) in [5.74, 6) is -0.866. The van der Waals surface area contributed by atoms with E-state index >= 15 is 0 Å². The van der Waals surface area contributed by atoms with Crippen LogP contribution in [0.4, 0.5) is 15.8 Å². The number of pyridine rings is 1. The van der Waals surface area contributed by atoms with Crippen molar-refractivity contribution in [3.05, 3.63) is 40.3 Å². The van der Waals surface area contributed by atoms with Crippen molar-refractivity contribution in [2.24, 2.45) is 0 Å². The third-order valence-corrected chi connectivity index (χ3v) is 2.81. The monoisotopic (exact) mass is 281 g/mol. The van der Waals surface area contributed by atoms with Crippen LogP contribution in [0.5, 0.6) is 0 Å². The van der Waals surface area contributed by atoms with Crippen molar-refractivity contribution in [1.82, 2.24) is 4.98 Å². The zero-order chi connectivity index (χ0) is 14.7. The van der Waals surface area contributed by atoms with Crippen LogP contribution in [0.3, 0.4) is 0 Å². The summed E-state index contributed by atoms with van der Waals surface area (Å²) in [6, 6.07) is 2.97. The number of nitrogens with one attached hydrogen (secondary N) is 1. The number of rotatable bonds is 5. The molecule has 0 aliphatic carbocycles. The first-order valence-electron chi connectivity index (χ1n) is 5.78. The Labute approximate surface area is 112 Å². The standard InChI is InChI=1S/C12H12FN3O4/c13-9-4-10(16(19)20)8-2-1-3-14-11(8)12(9)15-7(5-17)6-18/h1-4,7,15,17-18H,5-6H2. The second kappa shape index (κ2) is 5.76. The van der Waals surface area contributed by atoms with Gasteiger partial charge in [0.1, 0.15) is 5.52 Å². The van der Waals surface area contributed by atoms with Gasteiger partial charge in [0.2, 0.25) is 0 Å². The van der Waals surface area contributed by atoms with Crippen LogP contribution in [0.15, 0.2) is 24.4 Å². The summed E-state index contributed by atoms with van der Waals surface area (Å²) < 4.78 is 14.0. The van der Waals surface area contributed by atoms with Crippen LogP contribution < -0.4 is 5.32 Å². The van der Waals surface area contributed by atoms with E-state index in [0.717, 1.165) is 6.07 Å². The van der Waals surface area contributed by atoms with Crippen molar-refractivity contribution in [3.63, 3.8) is 0 Å². The SMILES string of the molecule is O=[N+]([O-])c1cc(F)c(NC(CO)CO)c2ncccc12. The summed E-state index contributed by atoms with van der Waals surface area (Å²) in [5.41, 5.74) is -0.397. The molecule has 0 atom stereocenters. The second-order valence-corrected chi connectivity index (χ2v) is 4.12. The number of nitro benzene ring substituents is 1. The first-order valence-corrected chi connectivity index (χ1v) is 5.78. The summed E-state index contributed by atoms with van der Waals surface area (Å²) in [7, 11) is 0. The van der Waals surface area contributed by atoms with Crippen molar-refractivity contribution in [3.8, 4) is 0 Å². The fourth-order valence-electron chi connectivity index (χ4n) is 1.84. The molecule has 0 aliphatic rings. The lowest BCUT2D eigenvalue weighted by atomic mass is 10.1. The van der Waals surface area contributed by atoms with E-state index < -0.39 is 30.0 Å². The number of hydrogen-bond donors (Lipinski definition) is 3. The minimum atomic E-state index is -0.866. The highest BCUT2D eigenvalue weighted by Gasteiger charge is 2.21. The second-order valence-electron chi connectivity index (χ2n) is 4.12. The van der Waals surface area contributed by atoms with E-state index in [1.807, 2.05) is 0 Å². The highest BCUT2D eigenvalue weighted by molar-refractivity contribution is 5.97. The Hall–Kier alpha value is -2.32. The third-order valence-electron chi connectivity index (χ3n) is 2.81. The van der Waals surface area contributed by atoms with Gasteiger partial charge in [0, 0.05) is 6.20 Å². The van der Waals surface area contributed by atoms with Gasteiger partial charge in [0.05, 0.1) is 41.3 Å². The van der Waals surface area contributed by atoms with E-state index in [2.05, 4.69) is 10.3 Å². The van der Waals surface area contributed by atoms with Gasteiger partial charge >= 0.3 is 0 Å². The molecule has 0 saturated carbocycles. The van der Waals surface area contributed by atoms with E-state index in [1.54, 1.807) is 0 Å². The van der Waals surface area contributed by atoms with Gasteiger partial charge in [-0.15, -0.1) is 0 Å². The van der Waals surface area contributed by atoms with Crippen molar-refractivity contribution in [1.29, 1.82) is 0 Å². The molecule has 0 unspecified atom stereocenters. The van der Waals surface area contributed by atoms with Crippen LogP contribution >= 0.6 is 0 Å². The minimum absolute atomic E-state index is 0.0751. The van der Waals surface area contributed by atoms with E-state index in [-0.39, 0.29) is 22.3 Å². The van der Waals surface area contributed by atoms with Gasteiger partial charge in [-0.25, -0.2) is 4.39 Å². The summed E-state index contributed by atoms with van der Waals surface area (Å²) >= 11 is 0. The lowest BCUT2D eigenvalue weighted by molar-refractivity contribution is -0.383. The molecule has 0 aliphatic heterocycles. The summed E-state index contributed by atoms with van der Waals surface area (Å²) in [6.45, 7) is -0.831. The molecule has 0 bridgehead atoms. The largest absolute Gasteiger partial charge is 0.394 e. The van der Waals surface area contributed by atoms with Crippen LogP contribution in [0, 0.1) is 15.9 Å². The number of aliphatic hydroxyl groups is 2. The molecule has 0 radical (unpaired) electrons. The molecular weight excluding hydrogens is 269 g/mol. The van der Waals surface area contributed by atoms with E-state index in [4.69, 9.17) is 10.2 Å². The highest BCUT2D eigenvalue weighted by atomic mass is 19.1. The number of nitrogens with zero attached hydrogens (tertiary/aromatic N) is 2. The zero-order valence-electron chi connectivity index (χ0n) is 10.3. The number of nitro groups is 1. The topological polar surface area (TPSA) is 109 Å². The van der Waals surface area contributed by atoms with Gasteiger partial charge in [0.15, 0.2) is 5.82 Å². The average Bonchev–Trinajstić information content (AvgIpc) is 2.45. The number of halogens is 1. The molecule has 7 nitrogen and oxygen atoms in total.